The fourth-order valence-electron chi connectivity index (χ4n) is 2.34. The number of hydrogen-bond donors (Lipinski definition) is 1. The molecular formula is C18H20N2O4. The van der Waals surface area contributed by atoms with Gasteiger partial charge in [-0.3, -0.25) is 14.4 Å². The zero-order chi connectivity index (χ0) is 17.5. The minimum absolute atomic E-state index is 0.183. The number of pyridine rings is 1. The number of carbonyl (C=O) groups excluding carboxylic acids is 2. The zero-order valence-corrected chi connectivity index (χ0v) is 13.7. The lowest BCUT2D eigenvalue weighted by atomic mass is 10.0. The van der Waals surface area contributed by atoms with E-state index in [1.54, 1.807) is 7.05 Å². The Kier molecular flexibility index (Phi) is 5.89. The highest BCUT2D eigenvalue weighted by Crippen LogP contribution is 2.19. The van der Waals surface area contributed by atoms with Gasteiger partial charge >= 0.3 is 5.97 Å². The van der Waals surface area contributed by atoms with Crippen molar-refractivity contribution in [1.82, 2.24) is 9.88 Å². The minimum atomic E-state index is -0.327. The van der Waals surface area contributed by atoms with Gasteiger partial charge in [0.2, 0.25) is 5.56 Å². The summed E-state index contributed by atoms with van der Waals surface area (Å²) >= 11 is 0. The molecule has 1 aromatic carbocycles. The van der Waals surface area contributed by atoms with Gasteiger partial charge in [0.05, 0.1) is 18.7 Å². The highest BCUT2D eigenvalue weighted by molar-refractivity contribution is 5.94. The van der Waals surface area contributed by atoms with Crippen molar-refractivity contribution in [2.24, 2.45) is 7.05 Å². The Morgan fingerprint density at radius 3 is 2.50 bits per heavy atom. The van der Waals surface area contributed by atoms with Crippen molar-refractivity contribution in [1.29, 1.82) is 0 Å². The Morgan fingerprint density at radius 2 is 1.88 bits per heavy atom. The average molecular weight is 328 g/mol. The Morgan fingerprint density at radius 1 is 1.17 bits per heavy atom. The van der Waals surface area contributed by atoms with Crippen LogP contribution in [0.3, 0.4) is 0 Å². The summed E-state index contributed by atoms with van der Waals surface area (Å²) in [6.45, 7) is 0. The molecule has 0 aliphatic carbocycles. The van der Waals surface area contributed by atoms with Crippen LogP contribution in [0.25, 0.3) is 0 Å². The number of esters is 1. The molecule has 6 nitrogen and oxygen atoms in total. The number of rotatable bonds is 6. The summed E-state index contributed by atoms with van der Waals surface area (Å²) in [6.07, 6.45) is 2.11. The molecule has 0 spiro atoms. The van der Waals surface area contributed by atoms with E-state index in [0.717, 1.165) is 5.56 Å². The lowest BCUT2D eigenvalue weighted by Crippen LogP contribution is -2.30. The molecule has 0 aliphatic rings. The van der Waals surface area contributed by atoms with E-state index in [-0.39, 0.29) is 29.9 Å². The van der Waals surface area contributed by atoms with Gasteiger partial charge in [0.1, 0.15) is 0 Å². The van der Waals surface area contributed by atoms with Gasteiger partial charge in [-0.1, -0.05) is 30.3 Å². The van der Waals surface area contributed by atoms with E-state index in [2.05, 4.69) is 10.1 Å². The lowest BCUT2D eigenvalue weighted by Gasteiger charge is -2.19. The van der Waals surface area contributed by atoms with Gasteiger partial charge < -0.3 is 14.6 Å². The Balaban J connectivity index is 2.17. The van der Waals surface area contributed by atoms with Crippen LogP contribution >= 0.6 is 0 Å². The topological polar surface area (TPSA) is 77.4 Å². The minimum Gasteiger partial charge on any atom is -0.469 e. The summed E-state index contributed by atoms with van der Waals surface area (Å²) < 4.78 is 6.01. The molecule has 0 saturated heterocycles. The van der Waals surface area contributed by atoms with Gasteiger partial charge in [0, 0.05) is 25.7 Å². The van der Waals surface area contributed by atoms with Crippen molar-refractivity contribution in [3.8, 4) is 0 Å². The van der Waals surface area contributed by atoms with Crippen LogP contribution in [0.2, 0.25) is 0 Å². The van der Waals surface area contributed by atoms with E-state index in [9.17, 15) is 14.4 Å². The van der Waals surface area contributed by atoms with Crippen molar-refractivity contribution in [3.63, 3.8) is 0 Å². The number of nitrogens with one attached hydrogen (secondary N) is 1. The monoisotopic (exact) mass is 328 g/mol. The molecule has 0 aliphatic heterocycles. The molecule has 0 fully saturated rings. The predicted molar refractivity (Wildman–Crippen MR) is 89.6 cm³/mol. The van der Waals surface area contributed by atoms with Crippen LogP contribution in [0.5, 0.6) is 0 Å². The average Bonchev–Trinajstić information content (AvgIpc) is 2.61. The maximum Gasteiger partial charge on any atom is 0.305 e. The predicted octanol–water partition coefficient (Wildman–Crippen LogP) is 1.81. The number of amides is 1. The second-order valence-corrected chi connectivity index (χ2v) is 5.42. The lowest BCUT2D eigenvalue weighted by molar-refractivity contribution is -0.140. The quantitative estimate of drug-likeness (QED) is 0.821. The molecule has 1 aromatic heterocycles. The first-order chi connectivity index (χ1) is 11.5. The number of ether oxygens (including phenoxy) is 1. The molecule has 0 bridgehead atoms. The fraction of sp³-hybridized carbons (Fsp3) is 0.278. The molecule has 2 rings (SSSR count). The second-order valence-electron chi connectivity index (χ2n) is 5.42. The zero-order valence-electron chi connectivity index (χ0n) is 13.7. The van der Waals surface area contributed by atoms with Gasteiger partial charge in [0.15, 0.2) is 0 Å². The molecule has 1 atom stereocenters. The molecule has 126 valence electrons. The third kappa shape index (κ3) is 4.55. The molecule has 1 N–H and O–H groups in total. The van der Waals surface area contributed by atoms with Crippen molar-refractivity contribution < 1.29 is 14.3 Å². The van der Waals surface area contributed by atoms with Crippen LogP contribution in [0, 0.1) is 0 Å². The molecule has 6 heteroatoms. The SMILES string of the molecule is COC(=O)CCC(NC(=O)c1ccc(=O)n(C)c1)c1ccccc1. The van der Waals surface area contributed by atoms with E-state index >= 15 is 0 Å². The fourth-order valence-corrected chi connectivity index (χ4v) is 2.34. The molecule has 1 unspecified atom stereocenters. The summed E-state index contributed by atoms with van der Waals surface area (Å²) in [6, 6.07) is 11.9. The normalized spacial score (nSPS) is 11.6. The molecule has 24 heavy (non-hydrogen) atoms. The van der Waals surface area contributed by atoms with E-state index < -0.39 is 0 Å². The van der Waals surface area contributed by atoms with Gasteiger partial charge in [0.25, 0.3) is 5.91 Å². The van der Waals surface area contributed by atoms with Crippen molar-refractivity contribution in [3.05, 3.63) is 70.1 Å². The highest BCUT2D eigenvalue weighted by atomic mass is 16.5. The van der Waals surface area contributed by atoms with Crippen LogP contribution in [0.4, 0.5) is 0 Å². The highest BCUT2D eigenvalue weighted by Gasteiger charge is 2.17. The van der Waals surface area contributed by atoms with E-state index in [4.69, 9.17) is 0 Å². The van der Waals surface area contributed by atoms with E-state index in [1.165, 1.54) is 30.0 Å². The number of carbonyl (C=O) groups is 2. The second kappa shape index (κ2) is 8.10. The first-order valence-electron chi connectivity index (χ1n) is 7.60. The smallest absolute Gasteiger partial charge is 0.305 e. The molecule has 1 heterocycles. The number of aromatic nitrogens is 1. The molecule has 0 radical (unpaired) electrons. The number of methoxy groups -OCH3 is 1. The first-order valence-corrected chi connectivity index (χ1v) is 7.60. The number of nitrogens with zero attached hydrogens (tertiary/aromatic N) is 1. The Bertz CT molecular complexity index is 768. The Labute approximate surface area is 140 Å². The standard InChI is InChI=1S/C18H20N2O4/c1-20-12-14(8-10-16(20)21)18(23)19-15(9-11-17(22)24-2)13-6-4-3-5-7-13/h3-8,10,12,15H,9,11H2,1-2H3,(H,19,23). The summed E-state index contributed by atoms with van der Waals surface area (Å²) in [7, 11) is 2.92. The number of aryl methyl sites for hydroxylation is 1. The third-order valence-electron chi connectivity index (χ3n) is 3.72. The van der Waals surface area contributed by atoms with Gasteiger partial charge in [-0.25, -0.2) is 0 Å². The van der Waals surface area contributed by atoms with E-state index in [1.807, 2.05) is 30.3 Å². The van der Waals surface area contributed by atoms with Gasteiger partial charge in [-0.2, -0.15) is 0 Å². The van der Waals surface area contributed by atoms with E-state index in [0.29, 0.717) is 12.0 Å². The van der Waals surface area contributed by atoms with Crippen molar-refractivity contribution >= 4 is 11.9 Å². The molecule has 0 saturated carbocycles. The van der Waals surface area contributed by atoms with Crippen LogP contribution in [-0.4, -0.2) is 23.6 Å². The van der Waals surface area contributed by atoms with Gasteiger partial charge in [-0.15, -0.1) is 0 Å². The summed E-state index contributed by atoms with van der Waals surface area (Å²) in [5.74, 6) is -0.628. The molecular weight excluding hydrogens is 308 g/mol. The summed E-state index contributed by atoms with van der Waals surface area (Å²) in [5.41, 5.74) is 1.10. The number of benzene rings is 1. The van der Waals surface area contributed by atoms with Crippen LogP contribution in [0.15, 0.2) is 53.5 Å². The van der Waals surface area contributed by atoms with Crippen LogP contribution in [0.1, 0.15) is 34.8 Å². The third-order valence-corrected chi connectivity index (χ3v) is 3.72. The summed E-state index contributed by atoms with van der Waals surface area (Å²) in [5, 5.41) is 2.91. The van der Waals surface area contributed by atoms with Crippen LogP contribution < -0.4 is 10.9 Å². The largest absolute Gasteiger partial charge is 0.469 e. The van der Waals surface area contributed by atoms with Crippen molar-refractivity contribution in [2.45, 2.75) is 18.9 Å². The first kappa shape index (κ1) is 17.5. The maximum absolute atomic E-state index is 12.5. The van der Waals surface area contributed by atoms with Gasteiger partial charge in [-0.05, 0) is 18.1 Å². The molecule has 1 amide bonds. The number of hydrogen-bond acceptors (Lipinski definition) is 4. The van der Waals surface area contributed by atoms with Crippen molar-refractivity contribution in [2.75, 3.05) is 7.11 Å². The maximum atomic E-state index is 12.5. The Hall–Kier alpha value is -2.89. The van der Waals surface area contributed by atoms with Crippen LogP contribution in [-0.2, 0) is 16.6 Å². The molecule has 2 aromatic rings. The summed E-state index contributed by atoms with van der Waals surface area (Å²) in [4.78, 5) is 35.3.